The number of aromatic nitrogens is 5. The maximum atomic E-state index is 12.5. The first-order valence-corrected chi connectivity index (χ1v) is 6.25. The van der Waals surface area contributed by atoms with E-state index in [-0.39, 0.29) is 11.2 Å². The molecule has 0 radical (unpaired) electrons. The minimum atomic E-state index is -0.751. The molecule has 3 heterocycles. The molecule has 3 aromatic heterocycles. The Hall–Kier alpha value is -2.84. The number of nitrogens with zero attached hydrogens (tertiary/aromatic N) is 5. The Morgan fingerprint density at radius 3 is 2.57 bits per heavy atom. The van der Waals surface area contributed by atoms with Crippen molar-refractivity contribution in [2.24, 2.45) is 19.8 Å². The highest BCUT2D eigenvalue weighted by Crippen LogP contribution is 2.14. The maximum absolute atomic E-state index is 12.5. The van der Waals surface area contributed by atoms with Crippen LogP contribution in [-0.2, 0) is 25.4 Å². The highest BCUT2D eigenvalue weighted by Gasteiger charge is 2.19. The minimum absolute atomic E-state index is 0.247. The summed E-state index contributed by atoms with van der Waals surface area (Å²) in [6.45, 7) is 1.42. The smallest absolute Gasteiger partial charge is 0.332 e. The number of primary amides is 1. The van der Waals surface area contributed by atoms with E-state index in [0.717, 1.165) is 10.3 Å². The van der Waals surface area contributed by atoms with Crippen LogP contribution in [0.5, 0.6) is 0 Å². The normalized spacial score (nSPS) is 11.6. The molecule has 0 aliphatic carbocycles. The largest absolute Gasteiger partial charge is 0.368 e. The Bertz CT molecular complexity index is 1020. The summed E-state index contributed by atoms with van der Waals surface area (Å²) in [5.41, 5.74) is 5.33. The Labute approximate surface area is 117 Å². The Morgan fingerprint density at radius 2 is 1.95 bits per heavy atom. The number of fused-ring (bicyclic) bond motifs is 3. The predicted octanol–water partition coefficient (Wildman–Crippen LogP) is -1.52. The summed E-state index contributed by atoms with van der Waals surface area (Å²) in [5.74, 6) is -0.204. The highest BCUT2D eigenvalue weighted by molar-refractivity contribution is 5.77. The molecule has 110 valence electrons. The molecule has 0 aliphatic heterocycles. The minimum Gasteiger partial charge on any atom is -0.368 e. The second-order valence-electron chi connectivity index (χ2n) is 4.98. The fourth-order valence-electron chi connectivity index (χ4n) is 2.41. The van der Waals surface area contributed by atoms with Crippen LogP contribution in [-0.4, -0.2) is 29.0 Å². The van der Waals surface area contributed by atoms with E-state index in [9.17, 15) is 14.4 Å². The maximum Gasteiger partial charge on any atom is 0.332 e. The van der Waals surface area contributed by atoms with Crippen LogP contribution in [0.15, 0.2) is 15.8 Å². The zero-order valence-corrected chi connectivity index (χ0v) is 11.8. The van der Waals surface area contributed by atoms with E-state index < -0.39 is 23.7 Å². The van der Waals surface area contributed by atoms with Gasteiger partial charge in [0, 0.05) is 26.0 Å². The summed E-state index contributed by atoms with van der Waals surface area (Å²) in [5, 5.41) is 0. The Kier molecular flexibility index (Phi) is 2.55. The summed E-state index contributed by atoms with van der Waals surface area (Å²) in [7, 11) is 3.32. The molecule has 0 spiro atoms. The quantitative estimate of drug-likeness (QED) is 0.618. The molecule has 0 aliphatic rings. The second kappa shape index (κ2) is 4.08. The van der Waals surface area contributed by atoms with Gasteiger partial charge in [-0.15, -0.1) is 0 Å². The number of carbonyl (C=O) groups excluding carboxylic acids is 1. The van der Waals surface area contributed by atoms with Crippen molar-refractivity contribution in [2.45, 2.75) is 13.5 Å². The number of hydrogen-bond donors (Lipinski definition) is 1. The van der Waals surface area contributed by atoms with Crippen LogP contribution in [0.25, 0.3) is 16.9 Å². The topological polar surface area (TPSA) is 109 Å². The van der Waals surface area contributed by atoms with E-state index in [1.165, 1.54) is 11.6 Å². The van der Waals surface area contributed by atoms with Crippen LogP contribution in [0, 0.1) is 6.92 Å². The van der Waals surface area contributed by atoms with Crippen molar-refractivity contribution < 1.29 is 4.79 Å². The van der Waals surface area contributed by atoms with Gasteiger partial charge in [0.25, 0.3) is 5.56 Å². The molecular formula is C12H14N6O3. The number of nitrogens with two attached hydrogens (primary N) is 1. The number of carbonyl (C=O) groups is 1. The van der Waals surface area contributed by atoms with Gasteiger partial charge in [-0.3, -0.25) is 18.6 Å². The van der Waals surface area contributed by atoms with E-state index in [0.29, 0.717) is 5.78 Å². The second-order valence-corrected chi connectivity index (χ2v) is 4.98. The summed E-state index contributed by atoms with van der Waals surface area (Å²) >= 11 is 0. The lowest BCUT2D eigenvalue weighted by atomic mass is 10.4. The molecule has 0 atom stereocenters. The van der Waals surface area contributed by atoms with E-state index in [2.05, 4.69) is 4.98 Å². The van der Waals surface area contributed by atoms with E-state index in [4.69, 9.17) is 5.73 Å². The molecule has 0 saturated heterocycles. The van der Waals surface area contributed by atoms with E-state index in [1.54, 1.807) is 10.6 Å². The molecule has 0 unspecified atom stereocenters. The lowest BCUT2D eigenvalue weighted by Gasteiger charge is -2.05. The zero-order chi connectivity index (χ0) is 15.5. The summed E-state index contributed by atoms with van der Waals surface area (Å²) < 4.78 is 5.48. The molecule has 0 bridgehead atoms. The van der Waals surface area contributed by atoms with Gasteiger partial charge in [0.15, 0.2) is 11.2 Å². The molecule has 3 aromatic rings. The van der Waals surface area contributed by atoms with Gasteiger partial charge in [-0.05, 0) is 6.92 Å². The van der Waals surface area contributed by atoms with Gasteiger partial charge in [-0.25, -0.2) is 9.36 Å². The summed E-state index contributed by atoms with van der Waals surface area (Å²) in [6, 6.07) is 0. The van der Waals surface area contributed by atoms with Crippen LogP contribution in [0.1, 0.15) is 5.69 Å². The van der Waals surface area contributed by atoms with Crippen LogP contribution < -0.4 is 17.0 Å². The molecule has 0 aromatic carbocycles. The molecule has 2 N–H and O–H groups in total. The van der Waals surface area contributed by atoms with Gasteiger partial charge >= 0.3 is 5.69 Å². The molecule has 3 rings (SSSR count). The number of imidazole rings is 2. The van der Waals surface area contributed by atoms with Gasteiger partial charge < -0.3 is 10.3 Å². The van der Waals surface area contributed by atoms with Crippen LogP contribution >= 0.6 is 0 Å². The third-order valence-corrected chi connectivity index (χ3v) is 3.62. The van der Waals surface area contributed by atoms with Crippen molar-refractivity contribution in [3.05, 3.63) is 32.7 Å². The van der Waals surface area contributed by atoms with Gasteiger partial charge in [0.05, 0.1) is 0 Å². The Morgan fingerprint density at radius 1 is 1.29 bits per heavy atom. The van der Waals surface area contributed by atoms with Crippen molar-refractivity contribution in [3.8, 4) is 0 Å². The fourth-order valence-corrected chi connectivity index (χ4v) is 2.41. The van der Waals surface area contributed by atoms with Crippen molar-refractivity contribution in [1.29, 1.82) is 0 Å². The number of amides is 1. The first-order chi connectivity index (χ1) is 9.82. The predicted molar refractivity (Wildman–Crippen MR) is 75.1 cm³/mol. The molecule has 1 amide bonds. The molecular weight excluding hydrogens is 276 g/mol. The molecule has 9 heteroatoms. The summed E-state index contributed by atoms with van der Waals surface area (Å²) in [4.78, 5) is 40.1. The average Bonchev–Trinajstić information content (AvgIpc) is 2.91. The molecule has 9 nitrogen and oxygen atoms in total. The first kappa shape index (κ1) is 13.2. The number of hydrogen-bond acceptors (Lipinski definition) is 4. The van der Waals surface area contributed by atoms with E-state index in [1.807, 2.05) is 18.5 Å². The van der Waals surface area contributed by atoms with Crippen molar-refractivity contribution >= 4 is 22.8 Å². The van der Waals surface area contributed by atoms with Gasteiger partial charge in [0.1, 0.15) is 6.54 Å². The summed E-state index contributed by atoms with van der Waals surface area (Å²) in [6.07, 6.45) is 1.76. The first-order valence-electron chi connectivity index (χ1n) is 6.25. The SMILES string of the molecule is Cc1cn2c3c(=O)n(CC(N)=O)c(=O)n(C)c3nc2n1C. The zero-order valence-electron chi connectivity index (χ0n) is 11.8. The number of aryl methyl sites for hydroxylation is 3. The van der Waals surface area contributed by atoms with Crippen molar-refractivity contribution in [3.63, 3.8) is 0 Å². The van der Waals surface area contributed by atoms with Crippen molar-refractivity contribution in [1.82, 2.24) is 23.1 Å². The third-order valence-electron chi connectivity index (χ3n) is 3.62. The van der Waals surface area contributed by atoms with Crippen LogP contribution in [0.3, 0.4) is 0 Å². The fraction of sp³-hybridized carbons (Fsp3) is 0.333. The lowest BCUT2D eigenvalue weighted by Crippen LogP contribution is -2.42. The van der Waals surface area contributed by atoms with Gasteiger partial charge in [-0.1, -0.05) is 0 Å². The average molecular weight is 290 g/mol. The molecule has 0 saturated carbocycles. The van der Waals surface area contributed by atoms with Gasteiger partial charge in [0.2, 0.25) is 11.7 Å². The van der Waals surface area contributed by atoms with E-state index >= 15 is 0 Å². The molecule has 0 fully saturated rings. The number of rotatable bonds is 2. The van der Waals surface area contributed by atoms with Gasteiger partial charge in [-0.2, -0.15) is 4.98 Å². The van der Waals surface area contributed by atoms with Crippen molar-refractivity contribution in [2.75, 3.05) is 0 Å². The van der Waals surface area contributed by atoms with Crippen LogP contribution in [0.4, 0.5) is 0 Å². The third kappa shape index (κ3) is 1.63. The lowest BCUT2D eigenvalue weighted by molar-refractivity contribution is -0.118. The Balaban J connectivity index is 2.56. The molecule has 21 heavy (non-hydrogen) atoms. The highest BCUT2D eigenvalue weighted by atomic mass is 16.2. The monoisotopic (exact) mass is 290 g/mol. The van der Waals surface area contributed by atoms with Crippen LogP contribution in [0.2, 0.25) is 0 Å². The standard InChI is InChI=1S/C12H14N6O3/c1-6-4-17-8-9(14-11(17)15(6)2)16(3)12(21)18(10(8)20)5-7(13)19/h4H,5H2,1-3H3,(H2,13,19).